The van der Waals surface area contributed by atoms with Gasteiger partial charge < -0.3 is 9.15 Å². The lowest BCUT2D eigenvalue weighted by molar-refractivity contribution is 0.137. The van der Waals surface area contributed by atoms with E-state index >= 15 is 0 Å². The van der Waals surface area contributed by atoms with Crippen molar-refractivity contribution in [3.05, 3.63) is 40.7 Å². The molecule has 0 fully saturated rings. The molecule has 2 atom stereocenters. The van der Waals surface area contributed by atoms with Crippen LogP contribution in [-0.2, 0) is 16.4 Å². The summed E-state index contributed by atoms with van der Waals surface area (Å²) < 4.78 is 36.3. The van der Waals surface area contributed by atoms with Crippen LogP contribution in [0.3, 0.4) is 0 Å². The first-order valence-corrected chi connectivity index (χ1v) is 8.97. The molecule has 8 nitrogen and oxygen atoms in total. The number of H-pyrrole nitrogens is 1. The van der Waals surface area contributed by atoms with Gasteiger partial charge in [-0.25, -0.2) is 18.3 Å². The maximum Gasteiger partial charge on any atom is 0.434 e. The molecule has 1 aliphatic heterocycles. The molecular weight excluding hydrogens is 322 g/mol. The fourth-order valence-electron chi connectivity index (χ4n) is 2.59. The number of nitrogens with one attached hydrogen (secondary N) is 1. The minimum Gasteiger partial charge on any atom is -0.486 e. The SMILES string of the molecule is C[C@@H](Cc1n[nH]c(=O)o1)[C@H]1CN(S(C)(=O)=O)c2ccccc2O1. The van der Waals surface area contributed by atoms with Crippen LogP contribution in [0.15, 0.2) is 33.5 Å². The average Bonchev–Trinajstić information content (AvgIpc) is 2.90. The monoisotopic (exact) mass is 339 g/mol. The third-order valence-corrected chi connectivity index (χ3v) is 4.92. The quantitative estimate of drug-likeness (QED) is 0.882. The molecule has 0 spiro atoms. The van der Waals surface area contributed by atoms with Crippen LogP contribution in [0.25, 0.3) is 0 Å². The number of nitrogens with zero attached hydrogens (tertiary/aromatic N) is 2. The Bertz CT molecular complexity index is 857. The van der Waals surface area contributed by atoms with E-state index in [4.69, 9.17) is 9.15 Å². The zero-order chi connectivity index (χ0) is 16.6. The van der Waals surface area contributed by atoms with E-state index in [0.29, 0.717) is 17.9 Å². The molecule has 0 unspecified atom stereocenters. The molecule has 23 heavy (non-hydrogen) atoms. The molecule has 1 aliphatic rings. The van der Waals surface area contributed by atoms with E-state index in [0.717, 1.165) is 0 Å². The summed E-state index contributed by atoms with van der Waals surface area (Å²) in [5, 5.41) is 5.98. The van der Waals surface area contributed by atoms with E-state index in [-0.39, 0.29) is 24.5 Å². The van der Waals surface area contributed by atoms with Crippen LogP contribution >= 0.6 is 0 Å². The molecule has 2 heterocycles. The van der Waals surface area contributed by atoms with E-state index in [1.807, 2.05) is 6.92 Å². The predicted molar refractivity (Wildman–Crippen MR) is 83.0 cm³/mol. The van der Waals surface area contributed by atoms with Crippen LogP contribution in [0.1, 0.15) is 12.8 Å². The van der Waals surface area contributed by atoms with E-state index < -0.39 is 15.8 Å². The van der Waals surface area contributed by atoms with Crippen LogP contribution in [-0.4, -0.2) is 37.5 Å². The molecule has 0 saturated carbocycles. The zero-order valence-electron chi connectivity index (χ0n) is 12.7. The summed E-state index contributed by atoms with van der Waals surface area (Å²) in [4.78, 5) is 11.0. The first-order valence-electron chi connectivity index (χ1n) is 7.12. The van der Waals surface area contributed by atoms with Gasteiger partial charge in [-0.3, -0.25) is 4.31 Å². The van der Waals surface area contributed by atoms with Gasteiger partial charge in [0.2, 0.25) is 15.9 Å². The largest absolute Gasteiger partial charge is 0.486 e. The molecule has 2 aromatic rings. The van der Waals surface area contributed by atoms with Gasteiger partial charge in [0.15, 0.2) is 0 Å². The summed E-state index contributed by atoms with van der Waals surface area (Å²) >= 11 is 0. The third kappa shape index (κ3) is 3.24. The highest BCUT2D eigenvalue weighted by atomic mass is 32.2. The van der Waals surface area contributed by atoms with E-state index in [9.17, 15) is 13.2 Å². The Morgan fingerprint density at radius 1 is 1.43 bits per heavy atom. The molecule has 1 aromatic heterocycles. The van der Waals surface area contributed by atoms with Gasteiger partial charge in [0.05, 0.1) is 18.5 Å². The van der Waals surface area contributed by atoms with E-state index in [2.05, 4.69) is 10.2 Å². The Hall–Kier alpha value is -2.29. The van der Waals surface area contributed by atoms with Crippen LogP contribution in [0.4, 0.5) is 5.69 Å². The number of anilines is 1. The molecule has 0 amide bonds. The fourth-order valence-corrected chi connectivity index (χ4v) is 3.52. The summed E-state index contributed by atoms with van der Waals surface area (Å²) in [5.74, 6) is 0.0827. The zero-order valence-corrected chi connectivity index (χ0v) is 13.5. The second-order valence-electron chi connectivity index (χ2n) is 5.61. The van der Waals surface area contributed by atoms with Crippen molar-refractivity contribution in [2.24, 2.45) is 5.92 Å². The standard InChI is InChI=1S/C14H17N3O5S/c1-9(7-13-15-16-14(18)22-13)12-8-17(23(2,19)20)10-5-3-4-6-11(10)21-12/h3-6,9,12H,7-8H2,1-2H3,(H,16,18)/t9-,12+/m0/s1. The smallest absolute Gasteiger partial charge is 0.434 e. The van der Waals surface area contributed by atoms with Gasteiger partial charge in [0, 0.05) is 12.3 Å². The molecule has 3 rings (SSSR count). The van der Waals surface area contributed by atoms with Gasteiger partial charge in [-0.05, 0) is 12.1 Å². The van der Waals surface area contributed by atoms with Crippen LogP contribution in [0, 0.1) is 5.92 Å². The lowest BCUT2D eigenvalue weighted by atomic mass is 9.99. The summed E-state index contributed by atoms with van der Waals surface area (Å²) in [6, 6.07) is 7.01. The predicted octanol–water partition coefficient (Wildman–Crippen LogP) is 0.769. The Kier molecular flexibility index (Phi) is 3.88. The van der Waals surface area contributed by atoms with Crippen LogP contribution < -0.4 is 14.8 Å². The number of aromatic amines is 1. The number of fused-ring (bicyclic) bond motifs is 1. The second-order valence-corrected chi connectivity index (χ2v) is 7.51. The molecule has 0 bridgehead atoms. The maximum absolute atomic E-state index is 12.1. The number of aromatic nitrogens is 2. The van der Waals surface area contributed by atoms with Crippen molar-refractivity contribution < 1.29 is 17.6 Å². The van der Waals surface area contributed by atoms with Crippen molar-refractivity contribution in [1.82, 2.24) is 10.2 Å². The number of rotatable bonds is 4. The van der Waals surface area contributed by atoms with Gasteiger partial charge in [0.25, 0.3) is 0 Å². The Labute approximate surface area is 133 Å². The normalized spacial score (nSPS) is 19.0. The number of ether oxygens (including phenoxy) is 1. The summed E-state index contributed by atoms with van der Waals surface area (Å²) in [5.41, 5.74) is 0.532. The third-order valence-electron chi connectivity index (χ3n) is 3.77. The van der Waals surface area contributed by atoms with Gasteiger partial charge in [-0.2, -0.15) is 0 Å². The first-order chi connectivity index (χ1) is 10.8. The number of sulfonamides is 1. The van der Waals surface area contributed by atoms with Gasteiger partial charge >= 0.3 is 5.76 Å². The number of benzene rings is 1. The van der Waals surface area contributed by atoms with Gasteiger partial charge in [-0.15, -0.1) is 5.10 Å². The molecule has 0 saturated heterocycles. The minimum atomic E-state index is -3.42. The fraction of sp³-hybridized carbons (Fsp3) is 0.429. The molecule has 1 aromatic carbocycles. The minimum absolute atomic E-state index is 0.0981. The topological polar surface area (TPSA) is 106 Å². The van der Waals surface area contributed by atoms with Crippen LogP contribution in [0.2, 0.25) is 0 Å². The first kappa shape index (κ1) is 15.6. The lowest BCUT2D eigenvalue weighted by Crippen LogP contribution is -2.46. The molecule has 1 N–H and O–H groups in total. The Morgan fingerprint density at radius 2 is 2.17 bits per heavy atom. The lowest BCUT2D eigenvalue weighted by Gasteiger charge is -2.36. The maximum atomic E-state index is 12.1. The van der Waals surface area contributed by atoms with Gasteiger partial charge in [0.1, 0.15) is 11.9 Å². The van der Waals surface area contributed by atoms with Crippen LogP contribution in [0.5, 0.6) is 5.75 Å². The van der Waals surface area contributed by atoms with Crippen molar-refractivity contribution in [2.45, 2.75) is 19.4 Å². The van der Waals surface area contributed by atoms with Gasteiger partial charge in [-0.1, -0.05) is 19.1 Å². The number of hydrogen-bond donors (Lipinski definition) is 1. The number of para-hydroxylation sites is 2. The average molecular weight is 339 g/mol. The molecule has 0 aliphatic carbocycles. The van der Waals surface area contributed by atoms with E-state index in [1.165, 1.54) is 10.6 Å². The second kappa shape index (κ2) is 5.73. The van der Waals surface area contributed by atoms with Crippen molar-refractivity contribution in [3.8, 4) is 5.75 Å². The summed E-state index contributed by atoms with van der Waals surface area (Å²) in [6.07, 6.45) is 1.16. The summed E-state index contributed by atoms with van der Waals surface area (Å²) in [6.45, 7) is 2.10. The summed E-state index contributed by atoms with van der Waals surface area (Å²) in [7, 11) is -3.42. The highest BCUT2D eigenvalue weighted by Gasteiger charge is 2.34. The molecular formula is C14H17N3O5S. The highest BCUT2D eigenvalue weighted by molar-refractivity contribution is 7.92. The molecule has 9 heteroatoms. The molecule has 124 valence electrons. The Morgan fingerprint density at radius 3 is 2.83 bits per heavy atom. The van der Waals surface area contributed by atoms with Crippen molar-refractivity contribution in [2.75, 3.05) is 17.1 Å². The van der Waals surface area contributed by atoms with Crippen molar-refractivity contribution in [3.63, 3.8) is 0 Å². The van der Waals surface area contributed by atoms with E-state index in [1.54, 1.807) is 24.3 Å². The Balaban J connectivity index is 1.86. The number of hydrogen-bond acceptors (Lipinski definition) is 6. The molecule has 0 radical (unpaired) electrons. The van der Waals surface area contributed by atoms with Crippen molar-refractivity contribution in [1.29, 1.82) is 0 Å². The highest BCUT2D eigenvalue weighted by Crippen LogP contribution is 2.36. The van der Waals surface area contributed by atoms with Crippen molar-refractivity contribution >= 4 is 15.7 Å².